The minimum atomic E-state index is 0.789. The molecule has 0 fully saturated rings. The Labute approximate surface area is 319 Å². The average Bonchev–Trinajstić information content (AvgIpc) is 3.76. The predicted molar refractivity (Wildman–Crippen MR) is 233 cm³/mol. The quantitative estimate of drug-likeness (QED) is 0.177. The molecule has 10 aromatic rings. The lowest BCUT2D eigenvalue weighted by Gasteiger charge is -2.11. The second-order valence-electron chi connectivity index (χ2n) is 12.8. The van der Waals surface area contributed by atoms with Gasteiger partial charge in [0.25, 0.3) is 0 Å². The van der Waals surface area contributed by atoms with Crippen molar-refractivity contribution in [3.8, 4) is 44.5 Å². The molecule has 2 aromatic heterocycles. The van der Waals surface area contributed by atoms with Gasteiger partial charge in [0.1, 0.15) is 0 Å². The first-order chi connectivity index (χ1) is 25.6. The Morgan fingerprint density at radius 2 is 0.731 bits per heavy atom. The lowest BCUT2D eigenvalue weighted by Crippen LogP contribution is -1.88. The predicted octanol–water partition coefficient (Wildman–Crippen LogP) is 15.1. The van der Waals surface area contributed by atoms with Gasteiger partial charge in [-0.1, -0.05) is 149 Å². The average molecular weight is 767 g/mol. The van der Waals surface area contributed by atoms with Crippen molar-refractivity contribution in [3.05, 3.63) is 186 Å². The van der Waals surface area contributed by atoms with E-state index in [0.717, 1.165) is 15.7 Å². The molecule has 4 heteroatoms. The fourth-order valence-electron chi connectivity index (χ4n) is 7.12. The number of nitrogens with two attached hydrogens (primary N) is 1. The van der Waals surface area contributed by atoms with Gasteiger partial charge in [0, 0.05) is 50.5 Å². The molecule has 0 aliphatic carbocycles. The number of thiophene rings is 2. The topological polar surface area (TPSA) is 26.0 Å². The van der Waals surface area contributed by atoms with Crippen LogP contribution in [0.5, 0.6) is 0 Å². The summed E-state index contributed by atoms with van der Waals surface area (Å²) in [5.74, 6) is 0. The SMILES string of the molecule is Brc1cccc(-c2ccccc2-c2ccc3c(c2)sc2ccccc23)c1.Nc1cccc(-c2ccccc2-c2ccc3c(c2)sc2ccccc23)c1. The van der Waals surface area contributed by atoms with Crippen LogP contribution in [0.4, 0.5) is 5.69 Å². The highest BCUT2D eigenvalue weighted by Gasteiger charge is 2.12. The van der Waals surface area contributed by atoms with Gasteiger partial charge in [0.2, 0.25) is 0 Å². The molecule has 52 heavy (non-hydrogen) atoms. The minimum absolute atomic E-state index is 0.789. The largest absolute Gasteiger partial charge is 0.399 e. The van der Waals surface area contributed by atoms with Gasteiger partial charge in [-0.05, 0) is 93.0 Å². The fourth-order valence-corrected chi connectivity index (χ4v) is 9.81. The number of nitrogen functional groups attached to an aromatic ring is 1. The van der Waals surface area contributed by atoms with E-state index in [-0.39, 0.29) is 0 Å². The van der Waals surface area contributed by atoms with Crippen molar-refractivity contribution in [1.29, 1.82) is 0 Å². The van der Waals surface area contributed by atoms with Gasteiger partial charge in [-0.2, -0.15) is 0 Å². The number of fused-ring (bicyclic) bond motifs is 6. The molecule has 1 nitrogen and oxygen atoms in total. The molecule has 0 saturated carbocycles. The lowest BCUT2D eigenvalue weighted by molar-refractivity contribution is 1.58. The monoisotopic (exact) mass is 765 g/mol. The maximum atomic E-state index is 6.00. The molecule has 2 N–H and O–H groups in total. The molecule has 8 aromatic carbocycles. The molecule has 10 rings (SSSR count). The van der Waals surface area contributed by atoms with Crippen molar-refractivity contribution >= 4 is 84.6 Å². The van der Waals surface area contributed by atoms with E-state index in [1.165, 1.54) is 79.3 Å². The van der Waals surface area contributed by atoms with Crippen LogP contribution in [0.2, 0.25) is 0 Å². The molecule has 0 radical (unpaired) electrons. The summed E-state index contributed by atoms with van der Waals surface area (Å²) >= 11 is 7.32. The highest BCUT2D eigenvalue weighted by atomic mass is 79.9. The molecule has 248 valence electrons. The highest BCUT2D eigenvalue weighted by molar-refractivity contribution is 9.10. The molecule has 0 atom stereocenters. The van der Waals surface area contributed by atoms with E-state index in [4.69, 9.17) is 5.73 Å². The zero-order valence-corrected chi connectivity index (χ0v) is 31.3. The van der Waals surface area contributed by atoms with Crippen molar-refractivity contribution < 1.29 is 0 Å². The highest BCUT2D eigenvalue weighted by Crippen LogP contribution is 2.40. The Hall–Kier alpha value is -5.52. The summed E-state index contributed by atoms with van der Waals surface area (Å²) in [6, 6.07) is 64.7. The summed E-state index contributed by atoms with van der Waals surface area (Å²) < 4.78 is 6.45. The third-order valence-corrected chi connectivity index (χ3v) is 12.3. The summed E-state index contributed by atoms with van der Waals surface area (Å²) in [7, 11) is 0. The van der Waals surface area contributed by atoms with E-state index in [9.17, 15) is 0 Å². The number of rotatable bonds is 4. The standard InChI is InChI=1S/C24H15BrS.C24H17NS/c2*25-18-7-5-6-16(14-18)19-8-1-2-9-20(19)17-12-13-22-21-10-3-4-11-23(21)26-24(22)15-17/h1-15H;1-15H,25H2. The maximum Gasteiger partial charge on any atom is 0.0361 e. The van der Waals surface area contributed by atoms with Crippen molar-refractivity contribution in [2.75, 3.05) is 5.73 Å². The zero-order chi connectivity index (χ0) is 35.0. The molecular weight excluding hydrogens is 735 g/mol. The third-order valence-electron chi connectivity index (χ3n) is 9.57. The number of anilines is 1. The van der Waals surface area contributed by atoms with E-state index >= 15 is 0 Å². The van der Waals surface area contributed by atoms with Gasteiger partial charge >= 0.3 is 0 Å². The van der Waals surface area contributed by atoms with Crippen LogP contribution in [0.3, 0.4) is 0 Å². The number of hydrogen-bond acceptors (Lipinski definition) is 3. The van der Waals surface area contributed by atoms with Gasteiger partial charge in [0.05, 0.1) is 0 Å². The molecular formula is C48H32BrNS2. The third kappa shape index (κ3) is 6.20. The van der Waals surface area contributed by atoms with Crippen LogP contribution in [0, 0.1) is 0 Å². The van der Waals surface area contributed by atoms with E-state index in [0.29, 0.717) is 0 Å². The van der Waals surface area contributed by atoms with Gasteiger partial charge in [-0.3, -0.25) is 0 Å². The van der Waals surface area contributed by atoms with E-state index in [1.807, 2.05) is 40.9 Å². The van der Waals surface area contributed by atoms with Gasteiger partial charge < -0.3 is 5.73 Å². The maximum absolute atomic E-state index is 6.00. The normalized spacial score (nSPS) is 11.2. The molecule has 0 bridgehead atoms. The Bertz CT molecular complexity index is 2700. The van der Waals surface area contributed by atoms with Crippen LogP contribution in [-0.2, 0) is 0 Å². The van der Waals surface area contributed by atoms with Crippen molar-refractivity contribution in [1.82, 2.24) is 0 Å². The van der Waals surface area contributed by atoms with Crippen LogP contribution < -0.4 is 5.73 Å². The molecule has 0 spiro atoms. The van der Waals surface area contributed by atoms with Gasteiger partial charge in [-0.15, -0.1) is 22.7 Å². The first kappa shape index (κ1) is 32.4. The smallest absolute Gasteiger partial charge is 0.0361 e. The van der Waals surface area contributed by atoms with E-state index in [2.05, 4.69) is 180 Å². The van der Waals surface area contributed by atoms with Crippen molar-refractivity contribution in [3.63, 3.8) is 0 Å². The van der Waals surface area contributed by atoms with Crippen molar-refractivity contribution in [2.24, 2.45) is 0 Å². The number of halogens is 1. The molecule has 0 amide bonds. The van der Waals surface area contributed by atoms with Crippen LogP contribution in [0.1, 0.15) is 0 Å². The van der Waals surface area contributed by atoms with Crippen LogP contribution in [0.15, 0.2) is 186 Å². The van der Waals surface area contributed by atoms with Crippen LogP contribution in [-0.4, -0.2) is 0 Å². The Kier molecular flexibility index (Phi) is 8.65. The molecule has 2 heterocycles. The van der Waals surface area contributed by atoms with Gasteiger partial charge in [0.15, 0.2) is 0 Å². The first-order valence-electron chi connectivity index (χ1n) is 17.2. The Morgan fingerprint density at radius 1 is 0.327 bits per heavy atom. The summed E-state index contributed by atoms with van der Waals surface area (Å²) in [6.45, 7) is 0. The summed E-state index contributed by atoms with van der Waals surface area (Å²) in [5.41, 5.74) is 16.6. The molecule has 0 aliphatic rings. The molecule has 0 unspecified atom stereocenters. The minimum Gasteiger partial charge on any atom is -0.399 e. The fraction of sp³-hybridized carbons (Fsp3) is 0. The molecule has 0 saturated heterocycles. The molecule has 0 aliphatic heterocycles. The van der Waals surface area contributed by atoms with Gasteiger partial charge in [-0.25, -0.2) is 0 Å². The van der Waals surface area contributed by atoms with Crippen molar-refractivity contribution in [2.45, 2.75) is 0 Å². The van der Waals surface area contributed by atoms with E-state index in [1.54, 1.807) is 0 Å². The lowest BCUT2D eigenvalue weighted by atomic mass is 9.94. The summed E-state index contributed by atoms with van der Waals surface area (Å²) in [4.78, 5) is 0. The van der Waals surface area contributed by atoms with E-state index < -0.39 is 0 Å². The second-order valence-corrected chi connectivity index (χ2v) is 15.9. The second kappa shape index (κ2) is 13.9. The number of benzene rings is 8. The summed E-state index contributed by atoms with van der Waals surface area (Å²) in [5, 5.41) is 5.35. The Morgan fingerprint density at radius 3 is 1.21 bits per heavy atom. The Balaban J connectivity index is 0.000000138. The van der Waals surface area contributed by atoms with Crippen LogP contribution in [0.25, 0.3) is 84.9 Å². The first-order valence-corrected chi connectivity index (χ1v) is 19.6. The van der Waals surface area contributed by atoms with Crippen LogP contribution >= 0.6 is 38.6 Å². The number of hydrogen-bond donors (Lipinski definition) is 1. The zero-order valence-electron chi connectivity index (χ0n) is 28.1. The summed E-state index contributed by atoms with van der Waals surface area (Å²) in [6.07, 6.45) is 0.